The van der Waals surface area contributed by atoms with Gasteiger partial charge < -0.3 is 4.90 Å². The Kier molecular flexibility index (Phi) is 7.20. The Morgan fingerprint density at radius 3 is 2.10 bits per heavy atom. The Morgan fingerprint density at radius 2 is 1.50 bits per heavy atom. The highest BCUT2D eigenvalue weighted by molar-refractivity contribution is 6.11. The van der Waals surface area contributed by atoms with E-state index in [1.54, 1.807) is 6.07 Å². The van der Waals surface area contributed by atoms with Gasteiger partial charge in [-0.3, -0.25) is 0 Å². The molecular formula is C26H32FN3. The molecule has 1 heterocycles. The Bertz CT molecular complexity index is 975. The molecule has 3 nitrogen and oxygen atoms in total. The van der Waals surface area contributed by atoms with Crippen molar-refractivity contribution in [3.63, 3.8) is 0 Å². The molecule has 0 aliphatic carbocycles. The summed E-state index contributed by atoms with van der Waals surface area (Å²) in [5.41, 5.74) is 6.58. The van der Waals surface area contributed by atoms with E-state index in [0.29, 0.717) is 23.5 Å². The summed E-state index contributed by atoms with van der Waals surface area (Å²) in [4.78, 5) is 12.3. The number of nitrogens with zero attached hydrogens (tertiary/aromatic N) is 3. The normalized spacial score (nSPS) is 14.3. The first-order valence-electron chi connectivity index (χ1n) is 10.9. The van der Waals surface area contributed by atoms with Crippen molar-refractivity contribution in [2.75, 3.05) is 13.1 Å². The van der Waals surface area contributed by atoms with E-state index in [4.69, 9.17) is 9.98 Å². The fourth-order valence-electron chi connectivity index (χ4n) is 4.07. The molecule has 0 aromatic heterocycles. The van der Waals surface area contributed by atoms with Gasteiger partial charge in [-0.15, -0.1) is 0 Å². The zero-order valence-corrected chi connectivity index (χ0v) is 18.8. The van der Waals surface area contributed by atoms with Gasteiger partial charge in [-0.1, -0.05) is 44.2 Å². The van der Waals surface area contributed by atoms with Gasteiger partial charge in [0.1, 0.15) is 5.82 Å². The second kappa shape index (κ2) is 9.84. The zero-order chi connectivity index (χ0) is 21.7. The third kappa shape index (κ3) is 4.69. The summed E-state index contributed by atoms with van der Waals surface area (Å²) in [6, 6.07) is 13.1. The summed E-state index contributed by atoms with van der Waals surface area (Å²) in [6.45, 7) is 12.4. The number of hydrogen-bond donors (Lipinski definition) is 0. The third-order valence-corrected chi connectivity index (χ3v) is 5.41. The number of benzene rings is 2. The van der Waals surface area contributed by atoms with Crippen molar-refractivity contribution in [1.82, 2.24) is 4.90 Å². The molecule has 0 fully saturated rings. The summed E-state index contributed by atoms with van der Waals surface area (Å²) < 4.78 is 14.9. The summed E-state index contributed by atoms with van der Waals surface area (Å²) in [5, 5.41) is 0. The second-order valence-electron chi connectivity index (χ2n) is 7.99. The number of rotatable bonds is 7. The summed E-state index contributed by atoms with van der Waals surface area (Å²) in [6.07, 6.45) is 2.72. The highest BCUT2D eigenvalue weighted by Gasteiger charge is 2.23. The molecule has 1 aliphatic rings. The zero-order valence-electron chi connectivity index (χ0n) is 18.8. The van der Waals surface area contributed by atoms with Crippen LogP contribution in [0, 0.1) is 19.7 Å². The summed E-state index contributed by atoms with van der Waals surface area (Å²) >= 11 is 0. The number of allylic oxidation sites excluding steroid dienone is 1. The second-order valence-corrected chi connectivity index (χ2v) is 7.99. The van der Waals surface area contributed by atoms with Crippen LogP contribution < -0.4 is 0 Å². The average molecular weight is 406 g/mol. The Hall–Kier alpha value is -2.75. The molecule has 158 valence electrons. The number of aryl methyl sites for hydroxylation is 2. The summed E-state index contributed by atoms with van der Waals surface area (Å²) in [5.74, 6) is 0.423. The molecule has 0 N–H and O–H groups in total. The van der Waals surface area contributed by atoms with Crippen molar-refractivity contribution in [3.05, 3.63) is 76.2 Å². The van der Waals surface area contributed by atoms with Gasteiger partial charge in [-0.05, 0) is 56.9 Å². The smallest absolute Gasteiger partial charge is 0.160 e. The molecule has 4 heteroatoms. The van der Waals surface area contributed by atoms with Gasteiger partial charge in [0.25, 0.3) is 0 Å². The Balaban J connectivity index is 2.30. The van der Waals surface area contributed by atoms with E-state index in [-0.39, 0.29) is 5.82 Å². The highest BCUT2D eigenvalue weighted by Crippen LogP contribution is 2.31. The molecule has 3 rings (SSSR count). The van der Waals surface area contributed by atoms with E-state index in [9.17, 15) is 4.39 Å². The van der Waals surface area contributed by atoms with Crippen molar-refractivity contribution in [2.45, 2.75) is 53.9 Å². The fourth-order valence-corrected chi connectivity index (χ4v) is 4.07. The maximum atomic E-state index is 14.9. The first kappa shape index (κ1) is 21.9. The van der Waals surface area contributed by atoms with Crippen LogP contribution in [-0.4, -0.2) is 29.5 Å². The average Bonchev–Trinajstić information content (AvgIpc) is 2.87. The minimum Gasteiger partial charge on any atom is -0.373 e. The quantitative estimate of drug-likeness (QED) is 0.514. The van der Waals surface area contributed by atoms with Crippen molar-refractivity contribution in [2.24, 2.45) is 9.98 Å². The van der Waals surface area contributed by atoms with E-state index >= 15 is 0 Å². The van der Waals surface area contributed by atoms with Crippen molar-refractivity contribution >= 4 is 17.2 Å². The summed E-state index contributed by atoms with van der Waals surface area (Å²) in [7, 11) is 0. The molecule has 0 saturated heterocycles. The fraction of sp³-hybridized carbons (Fsp3) is 0.385. The van der Waals surface area contributed by atoms with Gasteiger partial charge >= 0.3 is 0 Å². The van der Waals surface area contributed by atoms with Crippen LogP contribution in [0.15, 0.2) is 58.1 Å². The van der Waals surface area contributed by atoms with Gasteiger partial charge in [0.05, 0.1) is 5.70 Å². The van der Waals surface area contributed by atoms with Crippen LogP contribution in [0.3, 0.4) is 0 Å². The minimum atomic E-state index is -0.248. The molecule has 0 radical (unpaired) electrons. The molecule has 2 aromatic rings. The van der Waals surface area contributed by atoms with Crippen molar-refractivity contribution < 1.29 is 4.39 Å². The molecule has 1 aliphatic heterocycles. The van der Waals surface area contributed by atoms with Crippen LogP contribution >= 0.6 is 0 Å². The van der Waals surface area contributed by atoms with Gasteiger partial charge in [0.2, 0.25) is 0 Å². The standard InChI is InChI=1S/C26H32FN3/c1-6-15-30(16-7-2)23-17-20(5)28-26(24-18(3)11-10-12-19(24)4)29-25(23)21-13-8-9-14-22(21)27/h8-14H,6-7,15-17H2,1-5H3. The van der Waals surface area contributed by atoms with Gasteiger partial charge in [-0.25, -0.2) is 14.4 Å². The van der Waals surface area contributed by atoms with Crippen LogP contribution in [0.1, 0.15) is 62.3 Å². The lowest BCUT2D eigenvalue weighted by Crippen LogP contribution is -2.27. The first-order valence-corrected chi connectivity index (χ1v) is 10.9. The van der Waals surface area contributed by atoms with Crippen LogP contribution in [0.4, 0.5) is 4.39 Å². The lowest BCUT2D eigenvalue weighted by atomic mass is 10.0. The molecule has 0 spiro atoms. The Morgan fingerprint density at radius 1 is 0.867 bits per heavy atom. The molecule has 0 bridgehead atoms. The molecule has 0 saturated carbocycles. The van der Waals surface area contributed by atoms with Gasteiger partial charge in [0, 0.05) is 42.0 Å². The maximum Gasteiger partial charge on any atom is 0.160 e. The topological polar surface area (TPSA) is 28.0 Å². The first-order chi connectivity index (χ1) is 14.5. The Labute approximate surface area is 180 Å². The predicted octanol–water partition coefficient (Wildman–Crippen LogP) is 6.54. The highest BCUT2D eigenvalue weighted by atomic mass is 19.1. The van der Waals surface area contributed by atoms with Crippen LogP contribution in [0.2, 0.25) is 0 Å². The number of aliphatic imine (C=N–C) groups is 2. The number of amidine groups is 1. The molecular weight excluding hydrogens is 373 g/mol. The van der Waals surface area contributed by atoms with Gasteiger partial charge in [-0.2, -0.15) is 0 Å². The predicted molar refractivity (Wildman–Crippen MR) is 126 cm³/mol. The van der Waals surface area contributed by atoms with Crippen molar-refractivity contribution in [1.29, 1.82) is 0 Å². The van der Waals surface area contributed by atoms with Crippen LogP contribution in [0.5, 0.6) is 0 Å². The lowest BCUT2D eigenvalue weighted by molar-refractivity contribution is 0.341. The minimum absolute atomic E-state index is 0.248. The largest absolute Gasteiger partial charge is 0.373 e. The van der Waals surface area contributed by atoms with Crippen LogP contribution in [0.25, 0.3) is 5.70 Å². The maximum absolute atomic E-state index is 14.9. The molecule has 2 aromatic carbocycles. The molecule has 30 heavy (non-hydrogen) atoms. The van der Waals surface area contributed by atoms with Crippen molar-refractivity contribution in [3.8, 4) is 0 Å². The van der Waals surface area contributed by atoms with E-state index < -0.39 is 0 Å². The molecule has 0 atom stereocenters. The van der Waals surface area contributed by atoms with Crippen LogP contribution in [-0.2, 0) is 0 Å². The monoisotopic (exact) mass is 405 g/mol. The number of hydrogen-bond acceptors (Lipinski definition) is 3. The third-order valence-electron chi connectivity index (χ3n) is 5.41. The SMILES string of the molecule is CCCN(CCC)C1=C(c2ccccc2F)N=C(c2c(C)cccc2C)N=C(C)C1. The molecule has 0 amide bonds. The van der Waals surface area contributed by atoms with Gasteiger partial charge in [0.15, 0.2) is 5.84 Å². The van der Waals surface area contributed by atoms with E-state index in [2.05, 4.69) is 44.7 Å². The van der Waals surface area contributed by atoms with E-state index in [1.165, 1.54) is 6.07 Å². The van der Waals surface area contributed by atoms with E-state index in [0.717, 1.165) is 54.0 Å². The number of halogens is 1. The lowest BCUT2D eigenvalue weighted by Gasteiger charge is -2.28. The van der Waals surface area contributed by atoms with E-state index in [1.807, 2.05) is 25.1 Å². The molecule has 0 unspecified atom stereocenters.